The lowest BCUT2D eigenvalue weighted by Gasteiger charge is -2.32. The number of carbonyl (C=O) groups excluding carboxylic acids is 2. The Morgan fingerprint density at radius 1 is 1.06 bits per heavy atom. The van der Waals surface area contributed by atoms with Crippen molar-refractivity contribution in [3.63, 3.8) is 0 Å². The molecule has 2 aromatic heterocycles. The number of likely N-dealkylation sites (tertiary alicyclic amines) is 1. The fourth-order valence-corrected chi connectivity index (χ4v) is 5.53. The van der Waals surface area contributed by atoms with Gasteiger partial charge in [0.25, 0.3) is 11.5 Å². The number of aromatic nitrogens is 4. The third kappa shape index (κ3) is 7.28. The molecule has 1 aliphatic rings. The van der Waals surface area contributed by atoms with Gasteiger partial charge in [0.1, 0.15) is 24.4 Å². The lowest BCUT2D eigenvalue weighted by atomic mass is 10.0. The molecular weight excluding hydrogens is 629 g/mol. The number of hydrogen-bond donors (Lipinski definition) is 1. The van der Waals surface area contributed by atoms with Crippen molar-refractivity contribution >= 4 is 17.7 Å². The van der Waals surface area contributed by atoms with Crippen molar-refractivity contribution in [2.45, 2.75) is 25.1 Å². The molecule has 1 aliphatic heterocycles. The average molecular weight is 666 g/mol. The molecule has 2 aromatic carbocycles. The molecular formula is C33H36F3N8O4+. The number of nitrogens with zero attached hydrogens (tertiary/aromatic N) is 7. The van der Waals surface area contributed by atoms with Crippen LogP contribution in [0.1, 0.15) is 28.8 Å². The molecule has 2 amide bonds. The zero-order valence-electron chi connectivity index (χ0n) is 27.0. The number of nitrogens with one attached hydrogen (secondary N) is 1. The van der Waals surface area contributed by atoms with Crippen LogP contribution in [0.3, 0.4) is 0 Å². The van der Waals surface area contributed by atoms with Gasteiger partial charge in [0, 0.05) is 26.2 Å². The van der Waals surface area contributed by atoms with E-state index in [2.05, 4.69) is 15.3 Å². The quantitative estimate of drug-likeness (QED) is 0.218. The van der Waals surface area contributed by atoms with E-state index in [1.165, 1.54) is 34.7 Å². The SMILES string of the molecule is [C-]#[N+]c1ccc(-n2nccc2-c2c(C(=O)NC3CCN(C(=O)OCC[N+](C)(C)C)CC3)c(=O)n(-c3cccc(C(F)(F)F)c3)n2C)cc1. The van der Waals surface area contributed by atoms with Crippen LogP contribution in [0.2, 0.25) is 0 Å². The summed E-state index contributed by atoms with van der Waals surface area (Å²) in [6.07, 6.45) is -2.80. The first-order chi connectivity index (χ1) is 22.7. The summed E-state index contributed by atoms with van der Waals surface area (Å²) in [7, 11) is 7.47. The van der Waals surface area contributed by atoms with Crippen molar-refractivity contribution in [1.82, 2.24) is 29.4 Å². The second kappa shape index (κ2) is 13.4. The number of carbonyl (C=O) groups is 2. The van der Waals surface area contributed by atoms with E-state index in [-0.39, 0.29) is 29.6 Å². The van der Waals surface area contributed by atoms with Gasteiger partial charge in [-0.1, -0.05) is 18.2 Å². The summed E-state index contributed by atoms with van der Waals surface area (Å²) in [5.41, 5.74) is -0.744. The zero-order chi connectivity index (χ0) is 34.8. The molecule has 12 nitrogen and oxygen atoms in total. The molecule has 0 atom stereocenters. The van der Waals surface area contributed by atoms with Crippen LogP contribution in [0, 0.1) is 6.57 Å². The molecule has 4 aromatic rings. The first-order valence-electron chi connectivity index (χ1n) is 15.2. The van der Waals surface area contributed by atoms with Crippen LogP contribution < -0.4 is 10.9 Å². The zero-order valence-corrected chi connectivity index (χ0v) is 27.0. The minimum absolute atomic E-state index is 0.0813. The molecule has 1 saturated heterocycles. The van der Waals surface area contributed by atoms with Crippen molar-refractivity contribution in [2.24, 2.45) is 7.05 Å². The predicted octanol–water partition coefficient (Wildman–Crippen LogP) is 4.64. The van der Waals surface area contributed by atoms with Crippen molar-refractivity contribution in [3.05, 3.63) is 93.7 Å². The number of halogens is 3. The highest BCUT2D eigenvalue weighted by atomic mass is 19.4. The van der Waals surface area contributed by atoms with Crippen LogP contribution in [0.4, 0.5) is 23.7 Å². The number of likely N-dealkylation sites (N-methyl/N-ethyl adjacent to an activating group) is 1. The van der Waals surface area contributed by atoms with Gasteiger partial charge in [0.05, 0.1) is 56.5 Å². The van der Waals surface area contributed by atoms with Gasteiger partial charge < -0.3 is 19.4 Å². The Hall–Kier alpha value is -5.36. The van der Waals surface area contributed by atoms with Crippen LogP contribution in [0.25, 0.3) is 27.6 Å². The smallest absolute Gasteiger partial charge is 0.416 e. The number of amides is 2. The summed E-state index contributed by atoms with van der Waals surface area (Å²) in [6.45, 7) is 8.82. The van der Waals surface area contributed by atoms with Crippen LogP contribution in [0.15, 0.2) is 65.6 Å². The largest absolute Gasteiger partial charge is 0.443 e. The molecule has 15 heteroatoms. The van der Waals surface area contributed by atoms with Crippen LogP contribution in [-0.4, -0.2) is 94.0 Å². The summed E-state index contributed by atoms with van der Waals surface area (Å²) in [5, 5.41) is 7.29. The Morgan fingerprint density at radius 2 is 1.75 bits per heavy atom. The van der Waals surface area contributed by atoms with E-state index in [1.54, 1.807) is 35.2 Å². The van der Waals surface area contributed by atoms with Gasteiger partial charge in [-0.15, -0.1) is 0 Å². The Labute approximate surface area is 274 Å². The van der Waals surface area contributed by atoms with Crippen LogP contribution in [0.5, 0.6) is 0 Å². The van der Waals surface area contributed by atoms with E-state index < -0.39 is 29.3 Å². The number of quaternary nitrogens is 1. The van der Waals surface area contributed by atoms with E-state index in [1.807, 2.05) is 21.1 Å². The Bertz CT molecular complexity index is 1900. The number of piperidine rings is 1. The normalized spacial score (nSPS) is 14.1. The van der Waals surface area contributed by atoms with Crippen LogP contribution >= 0.6 is 0 Å². The van der Waals surface area contributed by atoms with Gasteiger partial charge in [-0.25, -0.2) is 19.0 Å². The second-order valence-corrected chi connectivity index (χ2v) is 12.5. The van der Waals surface area contributed by atoms with E-state index in [9.17, 15) is 27.6 Å². The lowest BCUT2D eigenvalue weighted by Crippen LogP contribution is -2.47. The van der Waals surface area contributed by atoms with Crippen molar-refractivity contribution in [3.8, 4) is 22.8 Å². The van der Waals surface area contributed by atoms with Gasteiger partial charge >= 0.3 is 12.3 Å². The molecule has 0 spiro atoms. The molecule has 5 rings (SSSR count). The summed E-state index contributed by atoms with van der Waals surface area (Å²) >= 11 is 0. The number of ether oxygens (including phenoxy) is 1. The van der Waals surface area contributed by atoms with Crippen molar-refractivity contribution in [2.75, 3.05) is 47.4 Å². The Kier molecular flexibility index (Phi) is 9.49. The van der Waals surface area contributed by atoms with Gasteiger partial charge in [0.2, 0.25) is 0 Å². The first kappa shape index (κ1) is 34.0. The Balaban J connectivity index is 1.48. The van der Waals surface area contributed by atoms with Gasteiger partial charge in [-0.3, -0.25) is 14.3 Å². The summed E-state index contributed by atoms with van der Waals surface area (Å²) in [6, 6.07) is 12.0. The number of hydrogen-bond acceptors (Lipinski definition) is 5. The van der Waals surface area contributed by atoms with Crippen molar-refractivity contribution in [1.29, 1.82) is 0 Å². The second-order valence-electron chi connectivity index (χ2n) is 12.5. The third-order valence-corrected chi connectivity index (χ3v) is 8.10. The molecule has 0 aliphatic carbocycles. The monoisotopic (exact) mass is 665 g/mol. The maximum atomic E-state index is 14.1. The van der Waals surface area contributed by atoms with E-state index in [0.29, 0.717) is 54.0 Å². The van der Waals surface area contributed by atoms with Gasteiger partial charge in [-0.05, 0) is 49.2 Å². The summed E-state index contributed by atoms with van der Waals surface area (Å²) < 4.78 is 50.8. The van der Waals surface area contributed by atoms with Gasteiger partial charge in [0.15, 0.2) is 5.69 Å². The molecule has 3 heterocycles. The highest BCUT2D eigenvalue weighted by Gasteiger charge is 2.33. The Morgan fingerprint density at radius 3 is 2.38 bits per heavy atom. The number of alkyl halides is 3. The molecule has 1 N–H and O–H groups in total. The van der Waals surface area contributed by atoms with E-state index in [4.69, 9.17) is 11.3 Å². The average Bonchev–Trinajstić information content (AvgIpc) is 3.62. The van der Waals surface area contributed by atoms with Crippen LogP contribution in [-0.2, 0) is 18.0 Å². The van der Waals surface area contributed by atoms with E-state index in [0.717, 1.165) is 16.8 Å². The highest BCUT2D eigenvalue weighted by Crippen LogP contribution is 2.31. The van der Waals surface area contributed by atoms with Crippen molar-refractivity contribution < 1.29 is 32.0 Å². The number of rotatable bonds is 8. The topological polar surface area (TPSA) is 108 Å². The standard InChI is InChI=1S/C33H35F3N8O4/c1-37-23-9-11-25(12-10-23)42-27(13-16-38-42)29-28(31(46)43(40(29)2)26-8-6-7-22(21-26)33(34,35)36)30(45)39-24-14-17-41(18-15-24)32(47)48-20-19-44(3,4)5/h6-13,16,21,24H,14-15,17-20H2,2-5H3/p+1. The fourth-order valence-electron chi connectivity index (χ4n) is 5.53. The maximum absolute atomic E-state index is 14.1. The first-order valence-corrected chi connectivity index (χ1v) is 15.2. The lowest BCUT2D eigenvalue weighted by molar-refractivity contribution is -0.870. The minimum Gasteiger partial charge on any atom is -0.443 e. The maximum Gasteiger partial charge on any atom is 0.416 e. The molecule has 0 saturated carbocycles. The molecule has 0 bridgehead atoms. The predicted molar refractivity (Wildman–Crippen MR) is 171 cm³/mol. The molecule has 0 radical (unpaired) electrons. The molecule has 252 valence electrons. The molecule has 0 unspecified atom stereocenters. The summed E-state index contributed by atoms with van der Waals surface area (Å²) in [4.78, 5) is 45.6. The molecule has 1 fully saturated rings. The highest BCUT2D eigenvalue weighted by molar-refractivity contribution is 6.00. The summed E-state index contributed by atoms with van der Waals surface area (Å²) in [5.74, 6) is -0.712. The van der Waals surface area contributed by atoms with Gasteiger partial charge in [-0.2, -0.15) is 18.3 Å². The fraction of sp³-hybridized carbons (Fsp3) is 0.364. The van der Waals surface area contributed by atoms with E-state index >= 15 is 0 Å². The molecule has 48 heavy (non-hydrogen) atoms. The minimum atomic E-state index is -4.66. The number of benzene rings is 2. The third-order valence-electron chi connectivity index (χ3n) is 8.10.